The van der Waals surface area contributed by atoms with Crippen LogP contribution in [0.2, 0.25) is 0 Å². The largest absolute Gasteiger partial charge is 0.339 e. The van der Waals surface area contributed by atoms with Gasteiger partial charge in [-0.2, -0.15) is 0 Å². The molecule has 0 saturated carbocycles. The van der Waals surface area contributed by atoms with Crippen molar-refractivity contribution in [1.29, 1.82) is 0 Å². The third-order valence-electron chi connectivity index (χ3n) is 6.91. The van der Waals surface area contributed by atoms with Crippen LogP contribution in [0.4, 0.5) is 0 Å². The summed E-state index contributed by atoms with van der Waals surface area (Å²) in [5, 5.41) is 4.82. The van der Waals surface area contributed by atoms with Crippen molar-refractivity contribution in [3.05, 3.63) is 116 Å². The summed E-state index contributed by atoms with van der Waals surface area (Å²) in [6, 6.07) is 38.1. The second kappa shape index (κ2) is 8.14. The Kier molecular flexibility index (Phi) is 4.87. The van der Waals surface area contributed by atoms with Crippen molar-refractivity contribution in [3.8, 4) is 16.1 Å². The Morgan fingerprint density at radius 2 is 1.53 bits per heavy atom. The molecule has 0 N–H and O–H groups in total. The topological polar surface area (TPSA) is 22.2 Å². The van der Waals surface area contributed by atoms with Gasteiger partial charge in [0, 0.05) is 64.1 Å². The van der Waals surface area contributed by atoms with Gasteiger partial charge in [0.25, 0.3) is 0 Å². The molecule has 0 bridgehead atoms. The van der Waals surface area contributed by atoms with Gasteiger partial charge in [0.05, 0.1) is 16.7 Å². The zero-order valence-electron chi connectivity index (χ0n) is 19.0. The van der Waals surface area contributed by atoms with Gasteiger partial charge in [-0.3, -0.25) is 4.98 Å². The van der Waals surface area contributed by atoms with Gasteiger partial charge < -0.3 is 8.97 Å². The van der Waals surface area contributed by atoms with Crippen molar-refractivity contribution in [3.63, 3.8) is 0 Å². The molecule has 3 nitrogen and oxygen atoms in total. The minimum Gasteiger partial charge on any atom is -0.339 e. The predicted molar refractivity (Wildman–Crippen MR) is 147 cm³/mol. The first kappa shape index (κ1) is 21.5. The fourth-order valence-electron chi connectivity index (χ4n) is 5.37. The number of nitrogens with zero attached hydrogens (tertiary/aromatic N) is 3. The molecule has 0 amide bonds. The Labute approximate surface area is 224 Å². The predicted octanol–water partition coefficient (Wildman–Crippen LogP) is 8.26. The van der Waals surface area contributed by atoms with Crippen LogP contribution in [0.15, 0.2) is 109 Å². The molecule has 8 rings (SSSR count). The molecule has 0 spiro atoms. The Bertz CT molecular complexity index is 2060. The monoisotopic (exact) mass is 657 g/mol. The van der Waals surface area contributed by atoms with Gasteiger partial charge in [-0.25, -0.2) is 0 Å². The van der Waals surface area contributed by atoms with Gasteiger partial charge in [0.1, 0.15) is 0 Å². The standard InChI is InChI=1S/C31H18N3S.Ir/c1-2-8-21(9-3-1)34-26-13-7-6-10-22(26)25-18-20(14-15-27(25)34)29-19-28-30(35-29)23-11-4-5-12-24(23)31-32-16-17-33(28)31;/h1-11,13-19H;/q-1;. The molecule has 0 atom stereocenters. The molecular weight excluding hydrogens is 639 g/mol. The van der Waals surface area contributed by atoms with E-state index in [1.165, 1.54) is 53.5 Å². The number of hydrogen-bond acceptors (Lipinski definition) is 2. The molecular formula is C31H18IrN3S-. The minimum absolute atomic E-state index is 0. The van der Waals surface area contributed by atoms with E-state index >= 15 is 0 Å². The van der Waals surface area contributed by atoms with Crippen molar-refractivity contribution < 1.29 is 20.1 Å². The SMILES string of the molecule is [Ir].[c-]1cccc2c1c1nccn1c1cc(-c3ccc4c(c3)c3ccccc3n4-c3ccccc3)sc21. The molecule has 0 fully saturated rings. The normalized spacial score (nSPS) is 11.7. The molecule has 1 radical (unpaired) electrons. The molecule has 5 heteroatoms. The van der Waals surface area contributed by atoms with Gasteiger partial charge in [-0.1, -0.05) is 53.2 Å². The maximum absolute atomic E-state index is 4.62. The van der Waals surface area contributed by atoms with Crippen molar-refractivity contribution in [1.82, 2.24) is 14.0 Å². The van der Waals surface area contributed by atoms with Gasteiger partial charge in [0.2, 0.25) is 0 Å². The van der Waals surface area contributed by atoms with E-state index in [4.69, 9.17) is 0 Å². The van der Waals surface area contributed by atoms with Crippen LogP contribution in [-0.2, 0) is 20.1 Å². The molecule has 0 saturated heterocycles. The van der Waals surface area contributed by atoms with E-state index in [1.54, 1.807) is 0 Å². The minimum atomic E-state index is 0. The van der Waals surface area contributed by atoms with Crippen molar-refractivity contribution >= 4 is 59.8 Å². The third kappa shape index (κ3) is 2.97. The Morgan fingerprint density at radius 3 is 2.44 bits per heavy atom. The molecule has 173 valence electrons. The van der Waals surface area contributed by atoms with Gasteiger partial charge in [-0.05, 0) is 42.0 Å². The molecule has 4 aromatic heterocycles. The Hall–Kier alpha value is -3.76. The first-order valence-electron chi connectivity index (χ1n) is 11.6. The van der Waals surface area contributed by atoms with Crippen LogP contribution in [0.5, 0.6) is 0 Å². The van der Waals surface area contributed by atoms with Crippen LogP contribution in [0.25, 0.3) is 64.6 Å². The van der Waals surface area contributed by atoms with Crippen molar-refractivity contribution in [2.24, 2.45) is 0 Å². The maximum Gasteiger partial charge on any atom is 0.0609 e. The second-order valence-electron chi connectivity index (χ2n) is 8.82. The summed E-state index contributed by atoms with van der Waals surface area (Å²) in [5.41, 5.74) is 7.01. The first-order valence-corrected chi connectivity index (χ1v) is 12.5. The van der Waals surface area contributed by atoms with E-state index in [-0.39, 0.29) is 20.1 Å². The molecule has 0 unspecified atom stereocenters. The fraction of sp³-hybridized carbons (Fsp3) is 0. The molecule has 0 aliphatic heterocycles. The van der Waals surface area contributed by atoms with Gasteiger partial charge >= 0.3 is 0 Å². The molecule has 4 heterocycles. The summed E-state index contributed by atoms with van der Waals surface area (Å²) in [4.78, 5) is 5.87. The Balaban J connectivity index is 0.00000220. The summed E-state index contributed by atoms with van der Waals surface area (Å²) in [7, 11) is 0. The van der Waals surface area contributed by atoms with Crippen LogP contribution in [0.1, 0.15) is 0 Å². The van der Waals surface area contributed by atoms with E-state index in [0.717, 1.165) is 11.0 Å². The van der Waals surface area contributed by atoms with Crippen LogP contribution in [0.3, 0.4) is 0 Å². The van der Waals surface area contributed by atoms with Gasteiger partial charge in [-0.15, -0.1) is 35.6 Å². The maximum atomic E-state index is 4.62. The van der Waals surface area contributed by atoms with Crippen molar-refractivity contribution in [2.75, 3.05) is 0 Å². The van der Waals surface area contributed by atoms with Crippen molar-refractivity contribution in [2.45, 2.75) is 0 Å². The number of thiophene rings is 1. The first-order chi connectivity index (χ1) is 17.4. The van der Waals surface area contributed by atoms with E-state index in [0.29, 0.717) is 0 Å². The van der Waals surface area contributed by atoms with Gasteiger partial charge in [0.15, 0.2) is 0 Å². The summed E-state index contributed by atoms with van der Waals surface area (Å²) in [6.45, 7) is 0. The molecule has 8 aromatic rings. The van der Waals surface area contributed by atoms with E-state index < -0.39 is 0 Å². The summed E-state index contributed by atoms with van der Waals surface area (Å²) in [5.74, 6) is 0. The molecule has 4 aromatic carbocycles. The number of imidazole rings is 1. The zero-order chi connectivity index (χ0) is 22.9. The zero-order valence-corrected chi connectivity index (χ0v) is 22.2. The summed E-state index contributed by atoms with van der Waals surface area (Å²) >= 11 is 1.84. The molecule has 0 aliphatic rings. The Morgan fingerprint density at radius 1 is 0.722 bits per heavy atom. The average Bonchev–Trinajstić information content (AvgIpc) is 3.65. The second-order valence-corrected chi connectivity index (χ2v) is 9.88. The molecule has 0 aliphatic carbocycles. The van der Waals surface area contributed by atoms with E-state index in [1.807, 2.05) is 29.8 Å². The summed E-state index contributed by atoms with van der Waals surface area (Å²) < 4.78 is 5.82. The van der Waals surface area contributed by atoms with E-state index in [2.05, 4.69) is 111 Å². The number of fused-ring (bicyclic) bond motifs is 9. The van der Waals surface area contributed by atoms with E-state index in [9.17, 15) is 0 Å². The van der Waals surface area contributed by atoms with Crippen LogP contribution >= 0.6 is 11.3 Å². The van der Waals surface area contributed by atoms with Crippen LogP contribution in [0, 0.1) is 6.07 Å². The average molecular weight is 657 g/mol. The fourth-order valence-corrected chi connectivity index (χ4v) is 6.55. The number of para-hydroxylation sites is 2. The number of benzene rings is 4. The smallest absolute Gasteiger partial charge is 0.0609 e. The third-order valence-corrected chi connectivity index (χ3v) is 8.12. The number of rotatable bonds is 2. The number of hydrogen-bond donors (Lipinski definition) is 0. The number of aromatic nitrogens is 3. The number of pyridine rings is 1. The quantitative estimate of drug-likeness (QED) is 0.172. The summed E-state index contributed by atoms with van der Waals surface area (Å²) in [6.07, 6.45) is 3.92. The molecule has 36 heavy (non-hydrogen) atoms. The van der Waals surface area contributed by atoms with Crippen LogP contribution in [-0.4, -0.2) is 14.0 Å². The van der Waals surface area contributed by atoms with Crippen LogP contribution < -0.4 is 0 Å².